The van der Waals surface area contributed by atoms with Crippen molar-refractivity contribution in [2.45, 2.75) is 49.7 Å². The lowest BCUT2D eigenvalue weighted by Gasteiger charge is -2.27. The Morgan fingerprint density at radius 3 is 2.74 bits per heavy atom. The number of piperidine rings is 1. The van der Waals surface area contributed by atoms with Crippen molar-refractivity contribution in [2.24, 2.45) is 0 Å². The molecule has 2 aromatic heterocycles. The fourth-order valence-electron chi connectivity index (χ4n) is 3.57. The summed E-state index contributed by atoms with van der Waals surface area (Å²) in [5, 5.41) is 12.9. The minimum absolute atomic E-state index is 0.0722. The molecule has 1 aromatic carbocycles. The van der Waals surface area contributed by atoms with Crippen LogP contribution in [0.25, 0.3) is 0 Å². The second-order valence-corrected chi connectivity index (χ2v) is 9.28. The van der Waals surface area contributed by atoms with Crippen LogP contribution in [0.1, 0.15) is 37.5 Å². The molecule has 1 aliphatic heterocycles. The van der Waals surface area contributed by atoms with Gasteiger partial charge in [-0.2, -0.15) is 0 Å². The standard InChI is InChI=1S/C22H26ClN5O2S/c1-16(20(29)24-14-17-8-3-4-10-19(17)23)31-22-26-25-21(27-11-5-2-6-12-27)28(22)15-18-9-7-13-30-18/h3-4,7-10,13,16H,2,5-6,11-12,14-15H2,1H3,(H,24,29). The van der Waals surface area contributed by atoms with E-state index in [0.717, 1.165) is 43.2 Å². The first-order valence-corrected chi connectivity index (χ1v) is 11.8. The summed E-state index contributed by atoms with van der Waals surface area (Å²) in [6, 6.07) is 11.3. The van der Waals surface area contributed by atoms with Crippen molar-refractivity contribution >= 4 is 35.2 Å². The van der Waals surface area contributed by atoms with E-state index in [4.69, 9.17) is 16.0 Å². The molecule has 0 radical (unpaired) electrons. The van der Waals surface area contributed by atoms with Crippen LogP contribution in [-0.2, 0) is 17.9 Å². The van der Waals surface area contributed by atoms with Crippen molar-refractivity contribution in [3.8, 4) is 0 Å². The number of rotatable bonds is 8. The van der Waals surface area contributed by atoms with Gasteiger partial charge >= 0.3 is 0 Å². The van der Waals surface area contributed by atoms with Gasteiger partial charge in [0.1, 0.15) is 5.76 Å². The number of anilines is 1. The largest absolute Gasteiger partial charge is 0.467 e. The molecule has 0 aliphatic carbocycles. The van der Waals surface area contributed by atoms with E-state index >= 15 is 0 Å². The Balaban J connectivity index is 1.46. The highest BCUT2D eigenvalue weighted by Crippen LogP contribution is 2.28. The molecule has 1 fully saturated rings. The second kappa shape index (κ2) is 10.2. The normalized spacial score (nSPS) is 15.1. The van der Waals surface area contributed by atoms with Crippen molar-refractivity contribution in [3.05, 3.63) is 59.0 Å². The molecule has 3 aromatic rings. The lowest BCUT2D eigenvalue weighted by atomic mass is 10.1. The number of hydrogen-bond acceptors (Lipinski definition) is 6. The fraction of sp³-hybridized carbons (Fsp3) is 0.409. The minimum Gasteiger partial charge on any atom is -0.467 e. The first-order chi connectivity index (χ1) is 15.1. The van der Waals surface area contributed by atoms with Crippen LogP contribution >= 0.6 is 23.4 Å². The van der Waals surface area contributed by atoms with Crippen molar-refractivity contribution in [1.82, 2.24) is 20.1 Å². The number of carbonyl (C=O) groups excluding carboxylic acids is 1. The number of benzene rings is 1. The molecular formula is C22H26ClN5O2S. The van der Waals surface area contributed by atoms with E-state index in [-0.39, 0.29) is 11.2 Å². The topological polar surface area (TPSA) is 76.2 Å². The highest BCUT2D eigenvalue weighted by Gasteiger charge is 2.24. The molecule has 1 N–H and O–H groups in total. The van der Waals surface area contributed by atoms with E-state index in [1.54, 1.807) is 6.26 Å². The maximum absolute atomic E-state index is 12.7. The van der Waals surface area contributed by atoms with Gasteiger partial charge in [-0.25, -0.2) is 0 Å². The average molecular weight is 460 g/mol. The van der Waals surface area contributed by atoms with Crippen LogP contribution in [0.15, 0.2) is 52.2 Å². The van der Waals surface area contributed by atoms with E-state index in [1.807, 2.05) is 47.9 Å². The molecule has 1 aliphatic rings. The summed E-state index contributed by atoms with van der Waals surface area (Å²) < 4.78 is 7.61. The van der Waals surface area contributed by atoms with Gasteiger partial charge < -0.3 is 14.6 Å². The van der Waals surface area contributed by atoms with Crippen molar-refractivity contribution in [2.75, 3.05) is 18.0 Å². The molecule has 9 heteroatoms. The zero-order chi connectivity index (χ0) is 21.6. The molecule has 0 bridgehead atoms. The van der Waals surface area contributed by atoms with Gasteiger partial charge in [0, 0.05) is 24.7 Å². The van der Waals surface area contributed by atoms with Gasteiger partial charge in [-0.15, -0.1) is 10.2 Å². The summed E-state index contributed by atoms with van der Waals surface area (Å²) in [7, 11) is 0. The molecule has 1 atom stereocenters. The number of furan rings is 1. The highest BCUT2D eigenvalue weighted by molar-refractivity contribution is 8.00. The molecule has 7 nitrogen and oxygen atoms in total. The third-order valence-corrected chi connectivity index (χ3v) is 6.74. The Bertz CT molecular complexity index is 1000. The van der Waals surface area contributed by atoms with E-state index in [2.05, 4.69) is 20.4 Å². The molecule has 164 valence electrons. The Morgan fingerprint density at radius 1 is 1.19 bits per heavy atom. The number of hydrogen-bond donors (Lipinski definition) is 1. The average Bonchev–Trinajstić information content (AvgIpc) is 3.44. The smallest absolute Gasteiger partial charge is 0.233 e. The Labute approximate surface area is 191 Å². The number of aromatic nitrogens is 3. The van der Waals surface area contributed by atoms with Gasteiger partial charge in [-0.05, 0) is 49.9 Å². The molecule has 1 saturated heterocycles. The second-order valence-electron chi connectivity index (χ2n) is 7.57. The van der Waals surface area contributed by atoms with E-state index in [0.29, 0.717) is 23.3 Å². The summed E-state index contributed by atoms with van der Waals surface area (Å²) >= 11 is 7.59. The van der Waals surface area contributed by atoms with Crippen LogP contribution in [0.5, 0.6) is 0 Å². The van der Waals surface area contributed by atoms with Gasteiger partial charge in [-0.1, -0.05) is 41.6 Å². The summed E-state index contributed by atoms with van der Waals surface area (Å²) in [5.74, 6) is 1.59. The number of nitrogens with one attached hydrogen (secondary N) is 1. The SMILES string of the molecule is CC(Sc1nnc(N2CCCCC2)n1Cc1ccco1)C(=O)NCc1ccccc1Cl. The monoisotopic (exact) mass is 459 g/mol. The van der Waals surface area contributed by atoms with Gasteiger partial charge in [0.05, 0.1) is 18.1 Å². The van der Waals surface area contributed by atoms with Crippen LogP contribution in [0, 0.1) is 0 Å². The number of carbonyl (C=O) groups is 1. The first-order valence-electron chi connectivity index (χ1n) is 10.5. The molecule has 1 unspecified atom stereocenters. The van der Waals surface area contributed by atoms with Crippen LogP contribution in [0.3, 0.4) is 0 Å². The predicted octanol–water partition coefficient (Wildman–Crippen LogP) is 4.36. The lowest BCUT2D eigenvalue weighted by molar-refractivity contribution is -0.120. The van der Waals surface area contributed by atoms with E-state index < -0.39 is 0 Å². The van der Waals surface area contributed by atoms with Gasteiger partial charge in [0.2, 0.25) is 11.9 Å². The quantitative estimate of drug-likeness (QED) is 0.504. The molecule has 1 amide bonds. The zero-order valence-corrected chi connectivity index (χ0v) is 19.0. The first kappa shape index (κ1) is 21.8. The Morgan fingerprint density at radius 2 is 2.00 bits per heavy atom. The molecule has 0 spiro atoms. The predicted molar refractivity (Wildman–Crippen MR) is 123 cm³/mol. The highest BCUT2D eigenvalue weighted by atomic mass is 35.5. The van der Waals surface area contributed by atoms with Gasteiger partial charge in [0.25, 0.3) is 0 Å². The number of nitrogens with zero attached hydrogens (tertiary/aromatic N) is 4. The maximum atomic E-state index is 12.7. The summed E-state index contributed by atoms with van der Waals surface area (Å²) in [6.45, 7) is 4.73. The Hall–Kier alpha value is -2.45. The summed E-state index contributed by atoms with van der Waals surface area (Å²) in [4.78, 5) is 15.0. The third kappa shape index (κ3) is 5.43. The van der Waals surface area contributed by atoms with E-state index in [1.165, 1.54) is 18.2 Å². The number of amides is 1. The van der Waals surface area contributed by atoms with Crippen LogP contribution in [0.4, 0.5) is 5.95 Å². The van der Waals surface area contributed by atoms with E-state index in [9.17, 15) is 4.79 Å². The molecule has 0 saturated carbocycles. The van der Waals surface area contributed by atoms with Crippen molar-refractivity contribution in [3.63, 3.8) is 0 Å². The number of halogens is 1. The Kier molecular flexibility index (Phi) is 7.19. The third-order valence-electron chi connectivity index (χ3n) is 5.29. The van der Waals surface area contributed by atoms with Crippen molar-refractivity contribution < 1.29 is 9.21 Å². The lowest BCUT2D eigenvalue weighted by Crippen LogP contribution is -2.32. The molecule has 3 heterocycles. The van der Waals surface area contributed by atoms with Crippen LogP contribution < -0.4 is 10.2 Å². The molecule has 31 heavy (non-hydrogen) atoms. The summed E-state index contributed by atoms with van der Waals surface area (Å²) in [5.41, 5.74) is 0.892. The minimum atomic E-state index is -0.337. The maximum Gasteiger partial charge on any atom is 0.233 e. The fourth-order valence-corrected chi connectivity index (χ4v) is 4.64. The molecular weight excluding hydrogens is 434 g/mol. The van der Waals surface area contributed by atoms with Crippen LogP contribution in [0.2, 0.25) is 5.02 Å². The van der Waals surface area contributed by atoms with Crippen LogP contribution in [-0.4, -0.2) is 39.0 Å². The zero-order valence-electron chi connectivity index (χ0n) is 17.5. The molecule has 4 rings (SSSR count). The van der Waals surface area contributed by atoms with Gasteiger partial charge in [-0.3, -0.25) is 9.36 Å². The van der Waals surface area contributed by atoms with Crippen molar-refractivity contribution in [1.29, 1.82) is 0 Å². The summed E-state index contributed by atoms with van der Waals surface area (Å²) in [6.07, 6.45) is 5.21. The van der Waals surface area contributed by atoms with Gasteiger partial charge in [0.15, 0.2) is 5.16 Å². The number of thioether (sulfide) groups is 1.